The number of aryl methyl sites for hydroxylation is 1. The molecule has 0 fully saturated rings. The van der Waals surface area contributed by atoms with Crippen molar-refractivity contribution in [3.8, 4) is 17.2 Å². The van der Waals surface area contributed by atoms with E-state index in [4.69, 9.17) is 9.15 Å². The SMILES string of the molecule is Cc1ccc(-c2nnc(SCCOc3cccc([N+](=O)[O-])c3)o2)cc1. The van der Waals surface area contributed by atoms with Crippen LogP contribution in [0, 0.1) is 17.0 Å². The quantitative estimate of drug-likeness (QED) is 0.272. The van der Waals surface area contributed by atoms with Gasteiger partial charge in [-0.25, -0.2) is 0 Å². The Labute approximate surface area is 148 Å². The fourth-order valence-corrected chi connectivity index (χ4v) is 2.63. The number of nitrogens with zero attached hydrogens (tertiary/aromatic N) is 3. The number of thioether (sulfide) groups is 1. The summed E-state index contributed by atoms with van der Waals surface area (Å²) >= 11 is 1.37. The Balaban J connectivity index is 1.50. The van der Waals surface area contributed by atoms with Crippen molar-refractivity contribution < 1.29 is 14.1 Å². The van der Waals surface area contributed by atoms with Crippen molar-refractivity contribution in [2.45, 2.75) is 12.1 Å². The number of aromatic nitrogens is 2. The topological polar surface area (TPSA) is 91.3 Å². The zero-order valence-electron chi connectivity index (χ0n) is 13.4. The van der Waals surface area contributed by atoms with Gasteiger partial charge in [-0.15, -0.1) is 10.2 Å². The van der Waals surface area contributed by atoms with E-state index in [9.17, 15) is 10.1 Å². The first-order chi connectivity index (χ1) is 12.1. The van der Waals surface area contributed by atoms with E-state index in [0.717, 1.165) is 11.1 Å². The second-order valence-electron chi connectivity index (χ2n) is 5.19. The van der Waals surface area contributed by atoms with E-state index in [2.05, 4.69) is 10.2 Å². The van der Waals surface area contributed by atoms with Crippen LogP contribution in [-0.2, 0) is 0 Å². The van der Waals surface area contributed by atoms with Crippen molar-refractivity contribution in [1.82, 2.24) is 10.2 Å². The van der Waals surface area contributed by atoms with Gasteiger partial charge in [-0.1, -0.05) is 35.5 Å². The molecule has 0 aliphatic carbocycles. The molecule has 25 heavy (non-hydrogen) atoms. The molecule has 0 atom stereocenters. The van der Waals surface area contributed by atoms with Gasteiger partial charge in [0.15, 0.2) is 0 Å². The number of nitro groups is 1. The minimum atomic E-state index is -0.452. The molecule has 0 aliphatic rings. The predicted molar refractivity (Wildman–Crippen MR) is 93.8 cm³/mol. The Morgan fingerprint density at radius 1 is 1.20 bits per heavy atom. The van der Waals surface area contributed by atoms with Gasteiger partial charge in [-0.3, -0.25) is 10.1 Å². The third-order valence-corrected chi connectivity index (χ3v) is 4.09. The van der Waals surface area contributed by atoms with E-state index < -0.39 is 4.92 Å². The monoisotopic (exact) mass is 357 g/mol. The summed E-state index contributed by atoms with van der Waals surface area (Å²) in [6.45, 7) is 2.38. The smallest absolute Gasteiger partial charge is 0.276 e. The predicted octanol–water partition coefficient (Wildman–Crippen LogP) is 4.12. The molecule has 0 N–H and O–H groups in total. The summed E-state index contributed by atoms with van der Waals surface area (Å²) in [4.78, 5) is 10.3. The highest BCUT2D eigenvalue weighted by Gasteiger charge is 2.09. The highest BCUT2D eigenvalue weighted by Crippen LogP contribution is 2.24. The standard InChI is InChI=1S/C17H15N3O4S/c1-12-5-7-13(8-6-12)16-18-19-17(24-16)25-10-9-23-15-4-2-3-14(11-15)20(21)22/h2-8,11H,9-10H2,1H3. The van der Waals surface area contributed by atoms with E-state index in [-0.39, 0.29) is 5.69 Å². The van der Waals surface area contributed by atoms with Crippen molar-refractivity contribution in [2.75, 3.05) is 12.4 Å². The fourth-order valence-electron chi connectivity index (χ4n) is 2.06. The summed E-state index contributed by atoms with van der Waals surface area (Å²) in [6.07, 6.45) is 0. The third-order valence-electron chi connectivity index (χ3n) is 3.31. The van der Waals surface area contributed by atoms with Gasteiger partial charge in [-0.2, -0.15) is 0 Å². The van der Waals surface area contributed by atoms with E-state index in [1.54, 1.807) is 12.1 Å². The molecule has 1 heterocycles. The maximum absolute atomic E-state index is 10.7. The van der Waals surface area contributed by atoms with Gasteiger partial charge in [0.1, 0.15) is 5.75 Å². The van der Waals surface area contributed by atoms with Crippen LogP contribution < -0.4 is 4.74 Å². The van der Waals surface area contributed by atoms with Crippen molar-refractivity contribution in [3.63, 3.8) is 0 Å². The minimum Gasteiger partial charge on any atom is -0.492 e. The summed E-state index contributed by atoms with van der Waals surface area (Å²) in [5.41, 5.74) is 2.04. The fraction of sp³-hybridized carbons (Fsp3) is 0.176. The number of hydrogen-bond donors (Lipinski definition) is 0. The van der Waals surface area contributed by atoms with Crippen LogP contribution in [0.15, 0.2) is 58.2 Å². The van der Waals surface area contributed by atoms with Crippen LogP contribution >= 0.6 is 11.8 Å². The minimum absolute atomic E-state index is 0.00444. The Kier molecular flexibility index (Phi) is 5.30. The zero-order valence-corrected chi connectivity index (χ0v) is 14.2. The van der Waals surface area contributed by atoms with Crippen molar-refractivity contribution in [3.05, 3.63) is 64.2 Å². The maximum atomic E-state index is 10.7. The number of rotatable bonds is 7. The van der Waals surface area contributed by atoms with Crippen LogP contribution in [0.2, 0.25) is 0 Å². The average molecular weight is 357 g/mol. The van der Waals surface area contributed by atoms with Gasteiger partial charge >= 0.3 is 0 Å². The lowest BCUT2D eigenvalue weighted by molar-refractivity contribution is -0.384. The molecule has 3 rings (SSSR count). The first-order valence-corrected chi connectivity index (χ1v) is 8.51. The molecular weight excluding hydrogens is 342 g/mol. The first kappa shape index (κ1) is 17.0. The molecule has 3 aromatic rings. The summed E-state index contributed by atoms with van der Waals surface area (Å²) in [7, 11) is 0. The molecule has 2 aromatic carbocycles. The van der Waals surface area contributed by atoms with E-state index in [1.807, 2.05) is 31.2 Å². The second-order valence-corrected chi connectivity index (χ2v) is 6.24. The Bertz CT molecular complexity index is 864. The molecular formula is C17H15N3O4S. The summed E-state index contributed by atoms with van der Waals surface area (Å²) < 4.78 is 11.1. The first-order valence-electron chi connectivity index (χ1n) is 7.52. The van der Waals surface area contributed by atoms with Crippen LogP contribution in [0.5, 0.6) is 5.75 Å². The van der Waals surface area contributed by atoms with Gasteiger partial charge in [0.05, 0.1) is 17.6 Å². The van der Waals surface area contributed by atoms with Gasteiger partial charge in [0.2, 0.25) is 5.89 Å². The lowest BCUT2D eigenvalue weighted by Crippen LogP contribution is -2.00. The van der Waals surface area contributed by atoms with Gasteiger partial charge in [0.25, 0.3) is 10.9 Å². The van der Waals surface area contributed by atoms with Crippen molar-refractivity contribution in [2.24, 2.45) is 0 Å². The number of benzene rings is 2. The highest BCUT2D eigenvalue weighted by atomic mass is 32.2. The van der Waals surface area contributed by atoms with Crippen LogP contribution in [0.1, 0.15) is 5.56 Å². The molecule has 0 spiro atoms. The molecule has 0 unspecified atom stereocenters. The van der Waals surface area contributed by atoms with Crippen LogP contribution in [0.4, 0.5) is 5.69 Å². The van der Waals surface area contributed by atoms with Crippen molar-refractivity contribution in [1.29, 1.82) is 0 Å². The number of hydrogen-bond acceptors (Lipinski definition) is 7. The Hall–Kier alpha value is -2.87. The molecule has 1 aromatic heterocycles. The molecule has 8 heteroatoms. The molecule has 0 aliphatic heterocycles. The van der Waals surface area contributed by atoms with E-state index in [0.29, 0.717) is 29.2 Å². The largest absolute Gasteiger partial charge is 0.492 e. The van der Waals surface area contributed by atoms with Gasteiger partial charge < -0.3 is 9.15 Å². The summed E-state index contributed by atoms with van der Waals surface area (Å²) in [5.74, 6) is 1.51. The van der Waals surface area contributed by atoms with Gasteiger partial charge in [0, 0.05) is 17.4 Å². The average Bonchev–Trinajstić information content (AvgIpc) is 3.08. The Morgan fingerprint density at radius 3 is 2.76 bits per heavy atom. The summed E-state index contributed by atoms with van der Waals surface area (Å²) in [5, 5.41) is 19.2. The number of nitro benzene ring substituents is 1. The normalized spacial score (nSPS) is 10.6. The third kappa shape index (κ3) is 4.57. The molecule has 0 radical (unpaired) electrons. The molecule has 0 amide bonds. The zero-order chi connectivity index (χ0) is 17.6. The number of non-ortho nitro benzene ring substituents is 1. The van der Waals surface area contributed by atoms with Crippen LogP contribution in [-0.4, -0.2) is 27.5 Å². The Morgan fingerprint density at radius 2 is 2.00 bits per heavy atom. The molecule has 0 saturated heterocycles. The maximum Gasteiger partial charge on any atom is 0.276 e. The molecule has 0 saturated carbocycles. The van der Waals surface area contributed by atoms with E-state index in [1.165, 1.54) is 23.9 Å². The highest BCUT2D eigenvalue weighted by molar-refractivity contribution is 7.99. The number of ether oxygens (including phenoxy) is 1. The molecule has 7 nitrogen and oxygen atoms in total. The van der Waals surface area contributed by atoms with Crippen LogP contribution in [0.25, 0.3) is 11.5 Å². The lowest BCUT2D eigenvalue weighted by atomic mass is 10.1. The molecule has 128 valence electrons. The van der Waals surface area contributed by atoms with Crippen LogP contribution in [0.3, 0.4) is 0 Å². The lowest BCUT2D eigenvalue weighted by Gasteiger charge is -2.04. The second kappa shape index (κ2) is 7.80. The van der Waals surface area contributed by atoms with E-state index >= 15 is 0 Å². The summed E-state index contributed by atoms with van der Waals surface area (Å²) in [6, 6.07) is 13.9. The molecule has 0 bridgehead atoms. The van der Waals surface area contributed by atoms with Crippen molar-refractivity contribution >= 4 is 17.4 Å². The van der Waals surface area contributed by atoms with Gasteiger partial charge in [-0.05, 0) is 25.1 Å².